The van der Waals surface area contributed by atoms with Gasteiger partial charge in [0.1, 0.15) is 6.61 Å². The summed E-state index contributed by atoms with van der Waals surface area (Å²) >= 11 is 0. The van der Waals surface area contributed by atoms with Crippen molar-refractivity contribution in [1.29, 1.82) is 0 Å². The second kappa shape index (κ2) is 6.33. The summed E-state index contributed by atoms with van der Waals surface area (Å²) < 4.78 is 30.6. The summed E-state index contributed by atoms with van der Waals surface area (Å²) in [4.78, 5) is 11.5. The van der Waals surface area contributed by atoms with Crippen LogP contribution in [0.2, 0.25) is 0 Å². The number of hydrogen-bond acceptors (Lipinski definition) is 2. The minimum absolute atomic E-state index is 0.0213. The first-order valence-electron chi connectivity index (χ1n) is 5.69. The molecule has 0 fully saturated rings. The second-order valence-corrected chi connectivity index (χ2v) is 3.87. The van der Waals surface area contributed by atoms with Gasteiger partial charge in [-0.15, -0.1) is 0 Å². The van der Waals surface area contributed by atoms with Crippen molar-refractivity contribution in [3.63, 3.8) is 0 Å². The highest BCUT2D eigenvalue weighted by molar-refractivity contribution is 5.72. The van der Waals surface area contributed by atoms with Crippen molar-refractivity contribution in [2.45, 2.75) is 33.3 Å². The van der Waals surface area contributed by atoms with Crippen LogP contribution >= 0.6 is 0 Å². The first kappa shape index (κ1) is 13.6. The van der Waals surface area contributed by atoms with Gasteiger partial charge in [-0.3, -0.25) is 4.79 Å². The average molecular weight is 242 g/mol. The fourth-order valence-electron chi connectivity index (χ4n) is 1.52. The number of halogens is 2. The summed E-state index contributed by atoms with van der Waals surface area (Å²) in [6, 6.07) is 3.46. The predicted octanol–water partition coefficient (Wildman–Crippen LogP) is 3.44. The van der Waals surface area contributed by atoms with Crippen LogP contribution in [0.25, 0.3) is 0 Å². The molecule has 0 N–H and O–H groups in total. The molecule has 0 bridgehead atoms. The molecule has 0 saturated heterocycles. The maximum Gasteiger partial charge on any atom is 0.309 e. The zero-order valence-corrected chi connectivity index (χ0v) is 10.0. The molecule has 1 aromatic carbocycles. The Bertz CT molecular complexity index is 387. The lowest BCUT2D eigenvalue weighted by atomic mass is 10.0. The number of esters is 1. The third-order valence-corrected chi connectivity index (χ3v) is 2.68. The van der Waals surface area contributed by atoms with Gasteiger partial charge in [-0.2, -0.15) is 0 Å². The van der Waals surface area contributed by atoms with E-state index in [0.717, 1.165) is 12.1 Å². The zero-order valence-electron chi connectivity index (χ0n) is 10.0. The maximum atomic E-state index is 12.9. The minimum Gasteiger partial charge on any atom is -0.461 e. The molecule has 1 aromatic rings. The van der Waals surface area contributed by atoms with Crippen LogP contribution < -0.4 is 0 Å². The SMILES string of the molecule is CCC(CC)C(=O)OCc1ccc(F)c(F)c1. The lowest BCUT2D eigenvalue weighted by molar-refractivity contribution is -0.150. The highest BCUT2D eigenvalue weighted by atomic mass is 19.2. The predicted molar refractivity (Wildman–Crippen MR) is 60.2 cm³/mol. The van der Waals surface area contributed by atoms with E-state index in [4.69, 9.17) is 4.74 Å². The Kier molecular flexibility index (Phi) is 5.07. The van der Waals surface area contributed by atoms with E-state index in [1.165, 1.54) is 6.07 Å². The maximum absolute atomic E-state index is 12.9. The number of benzene rings is 1. The molecular formula is C13H16F2O2. The van der Waals surface area contributed by atoms with Gasteiger partial charge in [-0.1, -0.05) is 19.9 Å². The van der Waals surface area contributed by atoms with Crippen LogP contribution in [-0.2, 0) is 16.1 Å². The van der Waals surface area contributed by atoms with E-state index in [1.807, 2.05) is 13.8 Å². The summed E-state index contributed by atoms with van der Waals surface area (Å²) in [7, 11) is 0. The number of ether oxygens (including phenoxy) is 1. The molecule has 1 rings (SSSR count). The first-order valence-corrected chi connectivity index (χ1v) is 5.69. The summed E-state index contributed by atoms with van der Waals surface area (Å²) in [5, 5.41) is 0. The molecule has 0 saturated carbocycles. The topological polar surface area (TPSA) is 26.3 Å². The monoisotopic (exact) mass is 242 g/mol. The molecule has 0 unspecified atom stereocenters. The molecule has 2 nitrogen and oxygen atoms in total. The Hall–Kier alpha value is -1.45. The van der Waals surface area contributed by atoms with E-state index in [-0.39, 0.29) is 18.5 Å². The van der Waals surface area contributed by atoms with Gasteiger partial charge in [0.15, 0.2) is 11.6 Å². The van der Waals surface area contributed by atoms with Gasteiger partial charge in [-0.05, 0) is 30.5 Å². The lowest BCUT2D eigenvalue weighted by Crippen LogP contribution is -2.16. The van der Waals surface area contributed by atoms with Crippen molar-refractivity contribution >= 4 is 5.97 Å². The van der Waals surface area contributed by atoms with Crippen molar-refractivity contribution in [2.75, 3.05) is 0 Å². The van der Waals surface area contributed by atoms with E-state index in [1.54, 1.807) is 0 Å². The minimum atomic E-state index is -0.930. The Morgan fingerprint density at radius 2 is 1.88 bits per heavy atom. The molecule has 0 radical (unpaired) electrons. The smallest absolute Gasteiger partial charge is 0.309 e. The van der Waals surface area contributed by atoms with Crippen LogP contribution in [0.5, 0.6) is 0 Å². The van der Waals surface area contributed by atoms with Crippen LogP contribution in [0.1, 0.15) is 32.3 Å². The molecule has 0 aliphatic rings. The van der Waals surface area contributed by atoms with E-state index in [2.05, 4.69) is 0 Å². The Labute approximate surface area is 99.6 Å². The van der Waals surface area contributed by atoms with Crippen LogP contribution in [0.15, 0.2) is 18.2 Å². The third-order valence-electron chi connectivity index (χ3n) is 2.68. The molecular weight excluding hydrogens is 226 g/mol. The van der Waals surface area contributed by atoms with Gasteiger partial charge in [0.05, 0.1) is 5.92 Å². The molecule has 0 spiro atoms. The Morgan fingerprint density at radius 3 is 2.41 bits per heavy atom. The van der Waals surface area contributed by atoms with Crippen molar-refractivity contribution in [3.05, 3.63) is 35.4 Å². The molecule has 0 aromatic heterocycles. The van der Waals surface area contributed by atoms with Crippen LogP contribution in [0, 0.1) is 17.6 Å². The Morgan fingerprint density at radius 1 is 1.24 bits per heavy atom. The molecule has 0 heterocycles. The number of rotatable bonds is 5. The third kappa shape index (κ3) is 3.80. The van der Waals surface area contributed by atoms with Gasteiger partial charge in [0, 0.05) is 0 Å². The molecule has 94 valence electrons. The van der Waals surface area contributed by atoms with E-state index < -0.39 is 11.6 Å². The zero-order chi connectivity index (χ0) is 12.8. The first-order chi connectivity index (χ1) is 8.08. The van der Waals surface area contributed by atoms with Gasteiger partial charge in [0.2, 0.25) is 0 Å². The number of carbonyl (C=O) groups excluding carboxylic acids is 1. The fourth-order valence-corrected chi connectivity index (χ4v) is 1.52. The summed E-state index contributed by atoms with van der Waals surface area (Å²) in [6.07, 6.45) is 1.43. The second-order valence-electron chi connectivity index (χ2n) is 3.87. The number of hydrogen-bond donors (Lipinski definition) is 0. The highest BCUT2D eigenvalue weighted by Gasteiger charge is 2.15. The highest BCUT2D eigenvalue weighted by Crippen LogP contribution is 2.13. The summed E-state index contributed by atoms with van der Waals surface area (Å²) in [5.74, 6) is -2.25. The molecule has 0 aliphatic carbocycles. The molecule has 4 heteroatoms. The summed E-state index contributed by atoms with van der Waals surface area (Å²) in [5.41, 5.74) is 0.447. The standard InChI is InChI=1S/C13H16F2O2/c1-3-10(4-2)13(16)17-8-9-5-6-11(14)12(15)7-9/h5-7,10H,3-4,8H2,1-2H3. The quantitative estimate of drug-likeness (QED) is 0.739. The summed E-state index contributed by atoms with van der Waals surface area (Å²) in [6.45, 7) is 3.80. The number of carbonyl (C=O) groups is 1. The van der Waals surface area contributed by atoms with Gasteiger partial charge in [-0.25, -0.2) is 8.78 Å². The molecule has 0 amide bonds. The van der Waals surface area contributed by atoms with E-state index >= 15 is 0 Å². The molecule has 0 aliphatic heterocycles. The van der Waals surface area contributed by atoms with Gasteiger partial charge < -0.3 is 4.74 Å². The van der Waals surface area contributed by atoms with E-state index in [0.29, 0.717) is 18.4 Å². The Balaban J connectivity index is 2.55. The van der Waals surface area contributed by atoms with Crippen LogP contribution in [0.3, 0.4) is 0 Å². The van der Waals surface area contributed by atoms with Crippen molar-refractivity contribution in [3.8, 4) is 0 Å². The largest absolute Gasteiger partial charge is 0.461 e. The molecule has 17 heavy (non-hydrogen) atoms. The van der Waals surface area contributed by atoms with Crippen molar-refractivity contribution in [2.24, 2.45) is 5.92 Å². The van der Waals surface area contributed by atoms with Crippen LogP contribution in [0.4, 0.5) is 8.78 Å². The van der Waals surface area contributed by atoms with Crippen molar-refractivity contribution in [1.82, 2.24) is 0 Å². The van der Waals surface area contributed by atoms with Crippen molar-refractivity contribution < 1.29 is 18.3 Å². The fraction of sp³-hybridized carbons (Fsp3) is 0.462. The van der Waals surface area contributed by atoms with Gasteiger partial charge >= 0.3 is 5.97 Å². The normalized spacial score (nSPS) is 10.6. The van der Waals surface area contributed by atoms with Gasteiger partial charge in [0.25, 0.3) is 0 Å². The molecule has 0 atom stereocenters. The van der Waals surface area contributed by atoms with E-state index in [9.17, 15) is 13.6 Å². The lowest BCUT2D eigenvalue weighted by Gasteiger charge is -2.11. The van der Waals surface area contributed by atoms with Crippen LogP contribution in [-0.4, -0.2) is 5.97 Å². The average Bonchev–Trinajstić information content (AvgIpc) is 2.32.